The molecule has 4 heterocycles. The van der Waals surface area contributed by atoms with Crippen molar-refractivity contribution in [1.29, 1.82) is 0 Å². The van der Waals surface area contributed by atoms with E-state index in [0.717, 1.165) is 29.8 Å². The summed E-state index contributed by atoms with van der Waals surface area (Å²) in [5.74, 6) is 0.896. The molecule has 242 valence electrons. The number of H-pyrrole nitrogens is 1. The van der Waals surface area contributed by atoms with Crippen LogP contribution >= 0.6 is 0 Å². The van der Waals surface area contributed by atoms with E-state index in [-0.39, 0.29) is 11.7 Å². The first-order chi connectivity index (χ1) is 22.9. The molecule has 2 aromatic heterocycles. The largest absolute Gasteiger partial charge is 0.507 e. The van der Waals surface area contributed by atoms with Gasteiger partial charge in [0.1, 0.15) is 11.6 Å². The van der Waals surface area contributed by atoms with Crippen LogP contribution in [0.3, 0.4) is 0 Å². The number of phenolic OH excluding ortho intramolecular Hbond substituents is 1. The van der Waals surface area contributed by atoms with Gasteiger partial charge in [-0.15, -0.1) is 0 Å². The van der Waals surface area contributed by atoms with Crippen molar-refractivity contribution in [3.05, 3.63) is 90.1 Å². The number of benzene rings is 3. The van der Waals surface area contributed by atoms with Crippen LogP contribution in [0.5, 0.6) is 11.6 Å². The Morgan fingerprint density at radius 2 is 1.83 bits per heavy atom. The third kappa shape index (κ3) is 6.73. The lowest BCUT2D eigenvalue weighted by Crippen LogP contribution is -2.51. The summed E-state index contributed by atoms with van der Waals surface area (Å²) in [4.78, 5) is 30.7. The molecule has 0 bridgehead atoms. The summed E-state index contributed by atoms with van der Waals surface area (Å²) >= 11 is 0. The minimum absolute atomic E-state index is 0.0916. The number of nitrogens with zero attached hydrogens (tertiary/aromatic N) is 4. The average molecular weight is 631 g/mol. The van der Waals surface area contributed by atoms with Gasteiger partial charge in [-0.3, -0.25) is 4.79 Å². The number of nitrogens with one attached hydrogen (secondary N) is 2. The number of aromatic amines is 1. The number of hydrogen-bond donors (Lipinski definition) is 3. The lowest BCUT2D eigenvalue weighted by Gasteiger charge is -2.48. The normalized spacial score (nSPS) is 18.9. The fourth-order valence-electron chi connectivity index (χ4n) is 7.48. The fourth-order valence-corrected chi connectivity index (χ4v) is 7.48. The number of phenols is 1. The summed E-state index contributed by atoms with van der Waals surface area (Å²) in [5, 5.41) is 13.7. The second kappa shape index (κ2) is 13.2. The number of piperidine rings is 2. The molecule has 9 nitrogen and oxygen atoms in total. The van der Waals surface area contributed by atoms with Crippen molar-refractivity contribution in [3.63, 3.8) is 0 Å². The predicted octanol–water partition coefficient (Wildman–Crippen LogP) is 6.61. The van der Waals surface area contributed by atoms with Crippen molar-refractivity contribution in [2.45, 2.75) is 32.1 Å². The first-order valence-electron chi connectivity index (χ1n) is 16.5. The number of likely N-dealkylation sites (tertiary alicyclic amines) is 2. The van der Waals surface area contributed by atoms with Gasteiger partial charge in [-0.05, 0) is 123 Å². The zero-order valence-corrected chi connectivity index (χ0v) is 27.1. The molecule has 0 saturated carbocycles. The number of pyridine rings is 1. The van der Waals surface area contributed by atoms with Crippen molar-refractivity contribution in [1.82, 2.24) is 24.8 Å². The predicted molar refractivity (Wildman–Crippen MR) is 186 cm³/mol. The molecular weight excluding hydrogens is 588 g/mol. The zero-order chi connectivity index (χ0) is 32.4. The molecule has 7 rings (SSSR count). The maximum atomic E-state index is 13.2. The lowest BCUT2D eigenvalue weighted by molar-refractivity contribution is 0.0235. The molecule has 1 amide bonds. The number of carbonyl (C=O) groups excluding carboxylic acids is 1. The number of amides is 1. The number of rotatable bonds is 8. The van der Waals surface area contributed by atoms with Gasteiger partial charge in [0.2, 0.25) is 5.88 Å². The van der Waals surface area contributed by atoms with E-state index in [4.69, 9.17) is 9.72 Å². The summed E-state index contributed by atoms with van der Waals surface area (Å²) in [6.45, 7) is 5.93. The SMILES string of the molecule is COc1ncccc1-c1ccc(O)c(-c2nc3ccc(C(=O)Nc4ccc(CCN5CCCC6(CCCN(C)C6)C5)cc4)cc3[nH]2)c1. The summed E-state index contributed by atoms with van der Waals surface area (Å²) in [6.07, 6.45) is 8.01. The van der Waals surface area contributed by atoms with Crippen LogP contribution in [0, 0.1) is 5.41 Å². The highest BCUT2D eigenvalue weighted by atomic mass is 16.5. The van der Waals surface area contributed by atoms with E-state index < -0.39 is 0 Å². The number of imidazole rings is 1. The minimum Gasteiger partial charge on any atom is -0.507 e. The Balaban J connectivity index is 0.999. The van der Waals surface area contributed by atoms with Crippen LogP contribution in [0.15, 0.2) is 79.0 Å². The highest BCUT2D eigenvalue weighted by Crippen LogP contribution is 2.38. The van der Waals surface area contributed by atoms with E-state index in [9.17, 15) is 9.90 Å². The molecule has 1 atom stereocenters. The zero-order valence-electron chi connectivity index (χ0n) is 27.1. The molecule has 2 saturated heterocycles. The van der Waals surface area contributed by atoms with Gasteiger partial charge in [-0.1, -0.05) is 18.2 Å². The number of aromatic nitrogens is 3. The second-order valence-electron chi connectivity index (χ2n) is 13.2. The quantitative estimate of drug-likeness (QED) is 0.177. The number of fused-ring (bicyclic) bond motifs is 1. The van der Waals surface area contributed by atoms with E-state index in [2.05, 4.69) is 44.3 Å². The highest BCUT2D eigenvalue weighted by Gasteiger charge is 2.38. The number of anilines is 1. The smallest absolute Gasteiger partial charge is 0.255 e. The van der Waals surface area contributed by atoms with Gasteiger partial charge >= 0.3 is 0 Å². The first kappa shape index (κ1) is 30.9. The van der Waals surface area contributed by atoms with Crippen LogP contribution in [0.4, 0.5) is 5.69 Å². The van der Waals surface area contributed by atoms with Crippen molar-refractivity contribution in [2.75, 3.05) is 52.2 Å². The first-order valence-corrected chi connectivity index (χ1v) is 16.5. The molecule has 47 heavy (non-hydrogen) atoms. The number of ether oxygens (including phenoxy) is 1. The number of hydrogen-bond acceptors (Lipinski definition) is 7. The second-order valence-corrected chi connectivity index (χ2v) is 13.2. The van der Waals surface area contributed by atoms with Crippen LogP contribution < -0.4 is 10.1 Å². The average Bonchev–Trinajstić information content (AvgIpc) is 3.51. The van der Waals surface area contributed by atoms with Crippen molar-refractivity contribution in [2.24, 2.45) is 5.41 Å². The van der Waals surface area contributed by atoms with Crippen LogP contribution in [0.1, 0.15) is 41.6 Å². The fraction of sp³-hybridized carbons (Fsp3) is 0.342. The third-order valence-electron chi connectivity index (χ3n) is 9.79. The number of methoxy groups -OCH3 is 1. The number of aromatic hydroxyl groups is 1. The summed E-state index contributed by atoms with van der Waals surface area (Å²) < 4.78 is 5.42. The molecule has 2 aliphatic heterocycles. The van der Waals surface area contributed by atoms with Crippen LogP contribution in [-0.4, -0.2) is 82.6 Å². The van der Waals surface area contributed by atoms with Gasteiger partial charge in [0.25, 0.3) is 5.91 Å². The highest BCUT2D eigenvalue weighted by molar-refractivity contribution is 6.06. The Morgan fingerprint density at radius 1 is 1.00 bits per heavy atom. The topological polar surface area (TPSA) is 107 Å². The van der Waals surface area contributed by atoms with Gasteiger partial charge in [0.05, 0.1) is 23.7 Å². The van der Waals surface area contributed by atoms with Gasteiger partial charge in [-0.25, -0.2) is 9.97 Å². The Hall–Kier alpha value is -4.73. The summed E-state index contributed by atoms with van der Waals surface area (Å²) in [7, 11) is 3.85. The van der Waals surface area contributed by atoms with E-state index in [1.807, 2.05) is 42.5 Å². The Bertz CT molecular complexity index is 1880. The maximum Gasteiger partial charge on any atom is 0.255 e. The van der Waals surface area contributed by atoms with Crippen molar-refractivity contribution in [3.8, 4) is 34.1 Å². The van der Waals surface area contributed by atoms with Crippen LogP contribution in [0.2, 0.25) is 0 Å². The minimum atomic E-state index is -0.194. The molecule has 1 unspecified atom stereocenters. The molecule has 0 radical (unpaired) electrons. The molecule has 2 fully saturated rings. The number of carbonyl (C=O) groups is 1. The Kier molecular flexibility index (Phi) is 8.66. The van der Waals surface area contributed by atoms with Gasteiger partial charge in [0.15, 0.2) is 0 Å². The molecule has 9 heteroatoms. The monoisotopic (exact) mass is 630 g/mol. The van der Waals surface area contributed by atoms with Crippen LogP contribution in [0.25, 0.3) is 33.5 Å². The van der Waals surface area contributed by atoms with Gasteiger partial charge < -0.3 is 29.9 Å². The molecule has 2 aliphatic rings. The Labute approximate surface area is 275 Å². The molecule has 3 N–H and O–H groups in total. The molecular formula is C38H42N6O3. The standard InChI is InChI=1S/C38H42N6O3/c1-43-19-4-16-38(24-43)17-5-20-44(25-38)21-15-26-7-11-29(12-8-26)40-36(46)28-9-13-32-33(23-28)42-35(41-32)31-22-27(10-14-34(31)45)30-6-3-18-39-37(30)47-2/h3,6-14,18,22-23,45H,4-5,15-17,19-21,24-25H2,1-2H3,(H,40,46)(H,41,42). The third-order valence-corrected chi connectivity index (χ3v) is 9.79. The van der Waals surface area contributed by atoms with Crippen molar-refractivity contribution >= 4 is 22.6 Å². The van der Waals surface area contributed by atoms with Gasteiger partial charge in [0, 0.05) is 42.6 Å². The van der Waals surface area contributed by atoms with Gasteiger partial charge in [-0.2, -0.15) is 0 Å². The van der Waals surface area contributed by atoms with E-state index >= 15 is 0 Å². The van der Waals surface area contributed by atoms with E-state index in [0.29, 0.717) is 39.3 Å². The molecule has 3 aromatic carbocycles. The van der Waals surface area contributed by atoms with E-state index in [1.54, 1.807) is 31.5 Å². The molecule has 5 aromatic rings. The van der Waals surface area contributed by atoms with E-state index in [1.165, 1.54) is 57.4 Å². The maximum absolute atomic E-state index is 13.2. The molecule has 1 spiro atoms. The van der Waals surface area contributed by atoms with Crippen molar-refractivity contribution < 1.29 is 14.6 Å². The van der Waals surface area contributed by atoms with Crippen LogP contribution in [-0.2, 0) is 6.42 Å². The summed E-state index contributed by atoms with van der Waals surface area (Å²) in [5.41, 5.74) is 6.61. The lowest BCUT2D eigenvalue weighted by atomic mass is 9.74. The molecule has 0 aliphatic carbocycles. The Morgan fingerprint density at radius 3 is 2.64 bits per heavy atom. The summed E-state index contributed by atoms with van der Waals surface area (Å²) in [6, 6.07) is 22.6.